The molecule has 1 aromatic rings. The average molecular weight is 264 g/mol. The fourth-order valence-corrected chi connectivity index (χ4v) is 2.31. The van der Waals surface area contributed by atoms with Crippen LogP contribution in [0.2, 0.25) is 0 Å². The van der Waals surface area contributed by atoms with Crippen LogP contribution in [0.15, 0.2) is 18.2 Å². The summed E-state index contributed by atoms with van der Waals surface area (Å²) in [6.07, 6.45) is 0.516. The first kappa shape index (κ1) is 13.5. The number of hydrogen-bond acceptors (Lipinski definition) is 2. The highest BCUT2D eigenvalue weighted by Crippen LogP contribution is 2.24. The maximum absolute atomic E-state index is 13.5. The maximum atomic E-state index is 13.5. The molecule has 4 nitrogen and oxygen atoms in total. The zero-order valence-corrected chi connectivity index (χ0v) is 11.2. The summed E-state index contributed by atoms with van der Waals surface area (Å²) in [6.45, 7) is 5.22. The van der Waals surface area contributed by atoms with E-state index in [1.807, 2.05) is 6.92 Å². The van der Waals surface area contributed by atoms with E-state index in [2.05, 4.69) is 5.32 Å². The monoisotopic (exact) mass is 264 g/mol. The van der Waals surface area contributed by atoms with Crippen LogP contribution in [0.1, 0.15) is 25.8 Å². The van der Waals surface area contributed by atoms with Crippen LogP contribution in [-0.4, -0.2) is 23.9 Å². The van der Waals surface area contributed by atoms with Gasteiger partial charge in [0.25, 0.3) is 0 Å². The Balaban J connectivity index is 2.44. The van der Waals surface area contributed by atoms with E-state index in [-0.39, 0.29) is 11.8 Å². The Bertz CT molecular complexity index is 510. The first-order valence-electron chi connectivity index (χ1n) is 6.34. The number of nitrogens with one attached hydrogen (secondary N) is 1. The topological polar surface area (TPSA) is 49.4 Å². The Morgan fingerprint density at radius 1 is 1.32 bits per heavy atom. The number of amides is 2. The van der Waals surface area contributed by atoms with Gasteiger partial charge in [0.1, 0.15) is 17.9 Å². The molecule has 0 aromatic heterocycles. The van der Waals surface area contributed by atoms with E-state index in [9.17, 15) is 14.0 Å². The summed E-state index contributed by atoms with van der Waals surface area (Å²) in [5, 5.41) is 2.67. The zero-order valence-electron chi connectivity index (χ0n) is 11.2. The zero-order chi connectivity index (χ0) is 14.2. The molecule has 2 amide bonds. The van der Waals surface area contributed by atoms with Crippen LogP contribution in [0.5, 0.6) is 0 Å². The van der Waals surface area contributed by atoms with Crippen molar-refractivity contribution in [3.05, 3.63) is 29.6 Å². The van der Waals surface area contributed by atoms with Gasteiger partial charge in [-0.3, -0.25) is 14.5 Å². The second-order valence-corrected chi connectivity index (χ2v) is 4.84. The van der Waals surface area contributed by atoms with Crippen molar-refractivity contribution in [2.75, 3.05) is 4.90 Å². The quantitative estimate of drug-likeness (QED) is 0.885. The second kappa shape index (κ2) is 4.99. The van der Waals surface area contributed by atoms with Crippen molar-refractivity contribution < 1.29 is 14.0 Å². The SMILES string of the molecule is CCC1NC(=O)C(C)N(c2cc(C)cc(F)c2)C1=O. The van der Waals surface area contributed by atoms with Crippen molar-refractivity contribution in [3.63, 3.8) is 0 Å². The summed E-state index contributed by atoms with van der Waals surface area (Å²) in [6, 6.07) is 3.22. The summed E-state index contributed by atoms with van der Waals surface area (Å²) in [5.41, 5.74) is 1.15. The molecule has 1 fully saturated rings. The predicted molar refractivity (Wildman–Crippen MR) is 70.3 cm³/mol. The number of halogens is 1. The van der Waals surface area contributed by atoms with Crippen molar-refractivity contribution >= 4 is 17.5 Å². The fourth-order valence-electron chi connectivity index (χ4n) is 2.31. The number of nitrogens with zero attached hydrogens (tertiary/aromatic N) is 1. The summed E-state index contributed by atoms with van der Waals surface area (Å²) >= 11 is 0. The minimum absolute atomic E-state index is 0.195. The summed E-state index contributed by atoms with van der Waals surface area (Å²) in [4.78, 5) is 25.6. The van der Waals surface area contributed by atoms with Gasteiger partial charge in [-0.05, 0) is 44.0 Å². The van der Waals surface area contributed by atoms with Crippen LogP contribution < -0.4 is 10.2 Å². The van der Waals surface area contributed by atoms with Crippen LogP contribution in [0, 0.1) is 12.7 Å². The van der Waals surface area contributed by atoms with Gasteiger partial charge in [0.05, 0.1) is 0 Å². The molecule has 0 radical (unpaired) electrons. The third-order valence-corrected chi connectivity index (χ3v) is 3.33. The van der Waals surface area contributed by atoms with E-state index < -0.39 is 17.9 Å². The Kier molecular flexibility index (Phi) is 3.55. The van der Waals surface area contributed by atoms with E-state index in [0.29, 0.717) is 17.7 Å². The summed E-state index contributed by atoms with van der Waals surface area (Å²) < 4.78 is 13.5. The van der Waals surface area contributed by atoms with Crippen LogP contribution in [0.4, 0.5) is 10.1 Å². The molecule has 0 spiro atoms. The first-order valence-corrected chi connectivity index (χ1v) is 6.34. The van der Waals surface area contributed by atoms with E-state index >= 15 is 0 Å². The van der Waals surface area contributed by atoms with E-state index in [1.54, 1.807) is 19.9 Å². The molecule has 1 N–H and O–H groups in total. The standard InChI is InChI=1S/C14H17FN2O2/c1-4-12-14(19)17(9(3)13(18)16-12)11-6-8(2)5-10(15)7-11/h5-7,9,12H,4H2,1-3H3,(H,16,18). The van der Waals surface area contributed by atoms with Gasteiger partial charge in [0, 0.05) is 5.69 Å². The molecule has 2 unspecified atom stereocenters. The van der Waals surface area contributed by atoms with Gasteiger partial charge >= 0.3 is 0 Å². The van der Waals surface area contributed by atoms with E-state index in [1.165, 1.54) is 17.0 Å². The molecule has 102 valence electrons. The molecule has 2 atom stereocenters. The van der Waals surface area contributed by atoms with Crippen LogP contribution in [0.25, 0.3) is 0 Å². The Hall–Kier alpha value is -1.91. The van der Waals surface area contributed by atoms with Crippen molar-refractivity contribution in [1.29, 1.82) is 0 Å². The molecule has 2 rings (SSSR count). The average Bonchev–Trinajstić information content (AvgIpc) is 2.33. The van der Waals surface area contributed by atoms with Gasteiger partial charge in [-0.25, -0.2) is 4.39 Å². The Labute approximate surface area is 111 Å². The van der Waals surface area contributed by atoms with Gasteiger partial charge in [0.15, 0.2) is 0 Å². The molecule has 1 aliphatic heterocycles. The lowest BCUT2D eigenvalue weighted by Crippen LogP contribution is -2.62. The van der Waals surface area contributed by atoms with Crippen molar-refractivity contribution in [3.8, 4) is 0 Å². The lowest BCUT2D eigenvalue weighted by atomic mass is 10.0. The highest BCUT2D eigenvalue weighted by molar-refractivity contribution is 6.08. The first-order chi connectivity index (χ1) is 8.93. The van der Waals surface area contributed by atoms with Crippen molar-refractivity contribution in [1.82, 2.24) is 5.32 Å². The molecule has 19 heavy (non-hydrogen) atoms. The van der Waals surface area contributed by atoms with Gasteiger partial charge in [-0.1, -0.05) is 6.92 Å². The third-order valence-electron chi connectivity index (χ3n) is 3.33. The number of carbonyl (C=O) groups is 2. The van der Waals surface area contributed by atoms with Crippen molar-refractivity contribution in [2.45, 2.75) is 39.3 Å². The second-order valence-electron chi connectivity index (χ2n) is 4.84. The minimum atomic E-state index is -0.628. The van der Waals surface area contributed by atoms with Gasteiger partial charge in [-0.15, -0.1) is 0 Å². The van der Waals surface area contributed by atoms with Crippen LogP contribution in [-0.2, 0) is 9.59 Å². The summed E-state index contributed by atoms with van der Waals surface area (Å²) in [7, 11) is 0. The largest absolute Gasteiger partial charge is 0.343 e. The number of rotatable bonds is 2. The van der Waals surface area contributed by atoms with E-state index in [4.69, 9.17) is 0 Å². The molecule has 1 heterocycles. The van der Waals surface area contributed by atoms with Gasteiger partial charge in [0.2, 0.25) is 11.8 Å². The molecule has 5 heteroatoms. The predicted octanol–water partition coefficient (Wildman–Crippen LogP) is 1.76. The number of hydrogen-bond donors (Lipinski definition) is 1. The normalized spacial score (nSPS) is 23.5. The molecular formula is C14H17FN2O2. The van der Waals surface area contributed by atoms with Gasteiger partial charge in [-0.2, -0.15) is 0 Å². The number of anilines is 1. The van der Waals surface area contributed by atoms with Gasteiger partial charge < -0.3 is 5.32 Å². The molecule has 0 aliphatic carbocycles. The highest BCUT2D eigenvalue weighted by Gasteiger charge is 2.38. The maximum Gasteiger partial charge on any atom is 0.250 e. The highest BCUT2D eigenvalue weighted by atomic mass is 19.1. The van der Waals surface area contributed by atoms with Crippen molar-refractivity contribution in [2.24, 2.45) is 0 Å². The third kappa shape index (κ3) is 2.45. The number of carbonyl (C=O) groups excluding carboxylic acids is 2. The molecule has 0 saturated carbocycles. The summed E-state index contributed by atoms with van der Waals surface area (Å²) in [5.74, 6) is -0.818. The molecule has 1 saturated heterocycles. The Morgan fingerprint density at radius 2 is 2.00 bits per heavy atom. The molecule has 0 bridgehead atoms. The van der Waals surface area contributed by atoms with E-state index in [0.717, 1.165) is 0 Å². The number of aryl methyl sites for hydroxylation is 1. The molecule has 1 aliphatic rings. The fraction of sp³-hybridized carbons (Fsp3) is 0.429. The molecule has 1 aromatic carbocycles. The Morgan fingerprint density at radius 3 is 2.58 bits per heavy atom. The smallest absolute Gasteiger partial charge is 0.250 e. The lowest BCUT2D eigenvalue weighted by Gasteiger charge is -2.37. The number of benzene rings is 1. The number of piperazine rings is 1. The van der Waals surface area contributed by atoms with Crippen LogP contribution in [0.3, 0.4) is 0 Å². The minimum Gasteiger partial charge on any atom is -0.343 e. The lowest BCUT2D eigenvalue weighted by molar-refractivity contribution is -0.133. The van der Waals surface area contributed by atoms with Crippen LogP contribution >= 0.6 is 0 Å². The molecular weight excluding hydrogens is 247 g/mol.